The van der Waals surface area contributed by atoms with E-state index in [1.165, 1.54) is 0 Å². The Morgan fingerprint density at radius 1 is 1.29 bits per heavy atom. The molecule has 0 unspecified atom stereocenters. The molecule has 0 aliphatic rings. The average Bonchev–Trinajstić information content (AvgIpc) is 2.14. The van der Waals surface area contributed by atoms with Crippen molar-refractivity contribution in [3.05, 3.63) is 35.9 Å². The third-order valence-electron chi connectivity index (χ3n) is 1.43. The highest BCUT2D eigenvalue weighted by atomic mass is 32.2. The Labute approximate surface area is 85.5 Å². The van der Waals surface area contributed by atoms with Gasteiger partial charge in [0.2, 0.25) is 4.86 Å². The van der Waals surface area contributed by atoms with Gasteiger partial charge in [-0.2, -0.15) is 0 Å². The molecule has 0 radical (unpaired) electrons. The molecule has 0 amide bonds. The van der Waals surface area contributed by atoms with E-state index in [-0.39, 0.29) is 5.75 Å². The van der Waals surface area contributed by atoms with Gasteiger partial charge in [0.1, 0.15) is 0 Å². The second-order valence-corrected chi connectivity index (χ2v) is 5.19. The minimum absolute atomic E-state index is 0.203. The quantitative estimate of drug-likeness (QED) is 0.722. The summed E-state index contributed by atoms with van der Waals surface area (Å²) in [5, 5.41) is 0. The molecule has 4 nitrogen and oxygen atoms in total. The fourth-order valence-corrected chi connectivity index (χ4v) is 2.11. The van der Waals surface area contributed by atoms with Crippen LogP contribution in [0.2, 0.25) is 0 Å². The maximum atomic E-state index is 10.7. The number of rotatable bonds is 3. The van der Waals surface area contributed by atoms with Crippen molar-refractivity contribution < 1.29 is 19.1 Å². The summed E-state index contributed by atoms with van der Waals surface area (Å²) >= 11 is 0.509. The van der Waals surface area contributed by atoms with Crippen LogP contribution in [0.25, 0.3) is 0 Å². The van der Waals surface area contributed by atoms with Crippen molar-refractivity contribution in [1.29, 1.82) is 0 Å². The van der Waals surface area contributed by atoms with Crippen molar-refractivity contribution in [2.75, 3.05) is 0 Å². The van der Waals surface area contributed by atoms with Crippen molar-refractivity contribution in [3.63, 3.8) is 0 Å². The topological polar surface area (TPSA) is 80.3 Å². The van der Waals surface area contributed by atoms with Crippen LogP contribution in [0.15, 0.2) is 30.3 Å². The normalized spacial score (nSPS) is 11.3. The Hall–Kier alpha value is -0.610. The van der Waals surface area contributed by atoms with Crippen molar-refractivity contribution in [2.45, 2.75) is 5.75 Å². The van der Waals surface area contributed by atoms with Crippen LogP contribution >= 0.6 is 19.4 Å². The minimum Gasteiger partial charge on any atom is -0.805 e. The van der Waals surface area contributed by atoms with Gasteiger partial charge in [-0.15, -0.1) is 0 Å². The molecule has 0 aliphatic carbocycles. The van der Waals surface area contributed by atoms with Gasteiger partial charge in [0.05, 0.1) is 0 Å². The highest BCUT2D eigenvalue weighted by Gasteiger charge is 2.06. The third-order valence-corrected chi connectivity index (χ3v) is 3.66. The van der Waals surface area contributed by atoms with Crippen molar-refractivity contribution in [2.24, 2.45) is 0 Å². The van der Waals surface area contributed by atoms with Gasteiger partial charge >= 0.3 is 0 Å². The highest BCUT2D eigenvalue weighted by Crippen LogP contribution is 2.34. The lowest BCUT2D eigenvalue weighted by Crippen LogP contribution is -2.18. The predicted octanol–water partition coefficient (Wildman–Crippen LogP) is 0.953. The van der Waals surface area contributed by atoms with Crippen LogP contribution in [0.1, 0.15) is 5.56 Å². The zero-order chi connectivity index (χ0) is 10.6. The molecule has 0 atom stereocenters. The summed E-state index contributed by atoms with van der Waals surface area (Å²) in [5.41, 5.74) is 0.805. The Morgan fingerprint density at radius 2 is 1.86 bits per heavy atom. The first-order valence-corrected chi connectivity index (χ1v) is 6.26. The van der Waals surface area contributed by atoms with Crippen molar-refractivity contribution in [3.8, 4) is 0 Å². The van der Waals surface area contributed by atoms with E-state index in [0.29, 0.717) is 11.8 Å². The molecular formula is C8H7O4PS-2. The summed E-state index contributed by atoms with van der Waals surface area (Å²) in [4.78, 5) is 29.9. The lowest BCUT2D eigenvalue weighted by atomic mass is 10.2. The van der Waals surface area contributed by atoms with Gasteiger partial charge in [-0.3, -0.25) is 4.79 Å². The van der Waals surface area contributed by atoms with Crippen LogP contribution in [0.5, 0.6) is 0 Å². The SMILES string of the molecule is O=C(SCc1ccccc1)P(=O)([O-])[O-]. The summed E-state index contributed by atoms with van der Waals surface area (Å²) in [7, 11) is -5.07. The van der Waals surface area contributed by atoms with E-state index in [9.17, 15) is 19.1 Å². The molecule has 1 rings (SSSR count). The van der Waals surface area contributed by atoms with Gasteiger partial charge in [0.25, 0.3) is 0 Å². The number of carbonyl (C=O) groups excluding carboxylic acids is 1. The van der Waals surface area contributed by atoms with E-state index in [1.54, 1.807) is 24.3 Å². The summed E-state index contributed by atoms with van der Waals surface area (Å²) < 4.78 is 10.3. The number of thioether (sulfide) groups is 1. The van der Waals surface area contributed by atoms with Gasteiger partial charge in [0.15, 0.2) is 0 Å². The third kappa shape index (κ3) is 3.64. The number of benzene rings is 1. The number of hydrogen-bond acceptors (Lipinski definition) is 5. The molecule has 76 valence electrons. The molecule has 1 aromatic carbocycles. The molecule has 0 saturated heterocycles. The zero-order valence-corrected chi connectivity index (χ0v) is 8.79. The monoisotopic (exact) mass is 230 g/mol. The Kier molecular flexibility index (Phi) is 3.89. The molecule has 0 heterocycles. The largest absolute Gasteiger partial charge is 0.805 e. The summed E-state index contributed by atoms with van der Waals surface area (Å²) in [5.74, 6) is 0.203. The molecule has 0 saturated carbocycles. The zero-order valence-electron chi connectivity index (χ0n) is 7.08. The molecule has 0 aromatic heterocycles. The molecule has 0 fully saturated rings. The smallest absolute Gasteiger partial charge is 0.218 e. The van der Waals surface area contributed by atoms with E-state index < -0.39 is 12.5 Å². The first kappa shape index (κ1) is 11.5. The van der Waals surface area contributed by atoms with Crippen LogP contribution in [0, 0.1) is 0 Å². The van der Waals surface area contributed by atoms with Gasteiger partial charge < -0.3 is 14.4 Å². The van der Waals surface area contributed by atoms with Gasteiger partial charge in [0, 0.05) is 13.3 Å². The van der Waals surface area contributed by atoms with E-state index in [1.807, 2.05) is 6.07 Å². The standard InChI is InChI=1S/C8H9O4PS/c9-8(13(10,11)12)14-6-7-4-2-1-3-5-7/h1-5H,6H2,(H2,10,11,12)/p-2. The maximum Gasteiger partial charge on any atom is 0.218 e. The molecule has 14 heavy (non-hydrogen) atoms. The first-order valence-electron chi connectivity index (χ1n) is 3.73. The number of hydrogen-bond donors (Lipinski definition) is 0. The molecule has 1 aromatic rings. The van der Waals surface area contributed by atoms with Crippen LogP contribution in [-0.4, -0.2) is 4.86 Å². The summed E-state index contributed by atoms with van der Waals surface area (Å²) in [6, 6.07) is 8.85. The molecule has 0 spiro atoms. The van der Waals surface area contributed by atoms with Crippen LogP contribution < -0.4 is 9.79 Å². The first-order chi connectivity index (χ1) is 6.50. The summed E-state index contributed by atoms with van der Waals surface area (Å²) in [6.07, 6.45) is 0. The number of carbonyl (C=O) groups is 1. The van der Waals surface area contributed by atoms with Crippen molar-refractivity contribution >= 4 is 24.2 Å². The molecule has 0 aliphatic heterocycles. The van der Waals surface area contributed by atoms with E-state index in [2.05, 4.69) is 0 Å². The van der Waals surface area contributed by atoms with E-state index in [0.717, 1.165) is 5.56 Å². The van der Waals surface area contributed by atoms with E-state index in [4.69, 9.17) is 0 Å². The minimum atomic E-state index is -5.07. The fraction of sp³-hybridized carbons (Fsp3) is 0.125. The Morgan fingerprint density at radius 3 is 2.36 bits per heavy atom. The lowest BCUT2D eigenvalue weighted by Gasteiger charge is -2.26. The van der Waals surface area contributed by atoms with Crippen LogP contribution in [-0.2, 0) is 10.3 Å². The molecule has 0 N–H and O–H groups in total. The molecule has 0 bridgehead atoms. The maximum absolute atomic E-state index is 10.7. The predicted molar refractivity (Wildman–Crippen MR) is 50.7 cm³/mol. The van der Waals surface area contributed by atoms with Crippen LogP contribution in [0.4, 0.5) is 4.79 Å². The fourth-order valence-electron chi connectivity index (χ4n) is 0.798. The van der Waals surface area contributed by atoms with Gasteiger partial charge in [-0.1, -0.05) is 42.1 Å². The molecule has 6 heteroatoms. The second kappa shape index (κ2) is 4.75. The average molecular weight is 230 g/mol. The lowest BCUT2D eigenvalue weighted by molar-refractivity contribution is -0.306. The van der Waals surface area contributed by atoms with Crippen LogP contribution in [0.3, 0.4) is 0 Å². The van der Waals surface area contributed by atoms with Crippen molar-refractivity contribution in [1.82, 2.24) is 0 Å². The Bertz CT molecular complexity index is 359. The second-order valence-electron chi connectivity index (χ2n) is 2.54. The van der Waals surface area contributed by atoms with Gasteiger partial charge in [-0.25, -0.2) is 0 Å². The highest BCUT2D eigenvalue weighted by molar-refractivity contribution is 8.24. The Balaban J connectivity index is 2.51. The van der Waals surface area contributed by atoms with E-state index >= 15 is 0 Å². The van der Waals surface area contributed by atoms with Gasteiger partial charge in [-0.05, 0) is 5.56 Å². The molecular weight excluding hydrogens is 223 g/mol. The summed E-state index contributed by atoms with van der Waals surface area (Å²) in [6.45, 7) is 0.